The van der Waals surface area contributed by atoms with Gasteiger partial charge in [-0.3, -0.25) is 9.48 Å². The third kappa shape index (κ3) is 3.42. The Morgan fingerprint density at radius 1 is 1.65 bits per heavy atom. The minimum atomic E-state index is -0.529. The zero-order valence-corrected chi connectivity index (χ0v) is 11.0. The predicted molar refractivity (Wildman–Crippen MR) is 70.9 cm³/mol. The maximum absolute atomic E-state index is 11.3. The molecular formula is C10H17N5OS. The fraction of sp³-hybridized carbons (Fsp3) is 0.500. The van der Waals surface area contributed by atoms with Gasteiger partial charge in [0.25, 0.3) is 5.91 Å². The van der Waals surface area contributed by atoms with Crippen LogP contribution in [0.1, 0.15) is 31.3 Å². The molecule has 0 radical (unpaired) electrons. The summed E-state index contributed by atoms with van der Waals surface area (Å²) in [6.07, 6.45) is 1.54. The van der Waals surface area contributed by atoms with Crippen molar-refractivity contribution < 1.29 is 4.79 Å². The van der Waals surface area contributed by atoms with Crippen LogP contribution < -0.4 is 16.4 Å². The van der Waals surface area contributed by atoms with Gasteiger partial charge >= 0.3 is 0 Å². The molecular weight excluding hydrogens is 238 g/mol. The fourth-order valence-electron chi connectivity index (χ4n) is 1.40. The summed E-state index contributed by atoms with van der Waals surface area (Å²) < 4.78 is 1.53. The molecule has 0 aromatic carbocycles. The van der Waals surface area contributed by atoms with E-state index < -0.39 is 5.91 Å². The summed E-state index contributed by atoms with van der Waals surface area (Å²) in [4.78, 5) is 11.3. The highest BCUT2D eigenvalue weighted by Crippen LogP contribution is 2.14. The van der Waals surface area contributed by atoms with Gasteiger partial charge in [-0.2, -0.15) is 5.10 Å². The maximum Gasteiger partial charge on any atom is 0.269 e. The van der Waals surface area contributed by atoms with E-state index in [0.717, 1.165) is 0 Å². The predicted octanol–water partition coefficient (Wildman–Crippen LogP) is 0.697. The minimum absolute atomic E-state index is 0.216. The van der Waals surface area contributed by atoms with Crippen LogP contribution in [0.2, 0.25) is 0 Å². The fourth-order valence-corrected chi connectivity index (χ4v) is 1.74. The summed E-state index contributed by atoms with van der Waals surface area (Å²) in [5.74, 6) is -0.529. The molecule has 6 nitrogen and oxygen atoms in total. The number of aryl methyl sites for hydroxylation is 1. The maximum atomic E-state index is 11.3. The number of aromatic nitrogens is 2. The van der Waals surface area contributed by atoms with Crippen molar-refractivity contribution in [1.82, 2.24) is 15.1 Å². The Balaban J connectivity index is 2.88. The lowest BCUT2D eigenvalue weighted by atomic mass is 10.3. The Morgan fingerprint density at radius 3 is 2.76 bits per heavy atom. The van der Waals surface area contributed by atoms with E-state index in [1.54, 1.807) is 0 Å². The first kappa shape index (κ1) is 13.4. The van der Waals surface area contributed by atoms with E-state index >= 15 is 0 Å². The first-order valence-electron chi connectivity index (χ1n) is 5.38. The Morgan fingerprint density at radius 2 is 2.29 bits per heavy atom. The molecule has 0 fully saturated rings. The van der Waals surface area contributed by atoms with E-state index in [0.29, 0.717) is 23.0 Å². The lowest BCUT2D eigenvalue weighted by Crippen LogP contribution is -2.34. The largest absolute Gasteiger partial charge is 0.364 e. The summed E-state index contributed by atoms with van der Waals surface area (Å²) >= 11 is 5.09. The Kier molecular flexibility index (Phi) is 4.45. The highest BCUT2D eigenvalue weighted by Gasteiger charge is 2.16. The standard InChI is InChI=1S/C10H17N5OS/c1-4-15-8(9(11)16)7(5-12-15)14-10(17)13-6(2)3/h5-6H,4H2,1-3H3,(H2,11,16)(H2,13,14,17). The van der Waals surface area contributed by atoms with Crippen LogP contribution in [0.5, 0.6) is 0 Å². The van der Waals surface area contributed by atoms with Crippen LogP contribution in [-0.4, -0.2) is 26.8 Å². The number of hydrogen-bond acceptors (Lipinski definition) is 3. The Labute approximate surface area is 106 Å². The second-order valence-corrected chi connectivity index (χ2v) is 4.25. The summed E-state index contributed by atoms with van der Waals surface area (Å²) in [5, 5.41) is 10.4. The van der Waals surface area contributed by atoms with Crippen LogP contribution in [-0.2, 0) is 6.54 Å². The number of anilines is 1. The second-order valence-electron chi connectivity index (χ2n) is 3.84. The number of carbonyl (C=O) groups excluding carboxylic acids is 1. The van der Waals surface area contributed by atoms with Gasteiger partial charge in [0.2, 0.25) is 0 Å². The number of carbonyl (C=O) groups is 1. The van der Waals surface area contributed by atoms with E-state index in [1.165, 1.54) is 10.9 Å². The molecule has 1 heterocycles. The van der Waals surface area contributed by atoms with Crippen molar-refractivity contribution in [2.24, 2.45) is 5.73 Å². The molecule has 7 heteroatoms. The van der Waals surface area contributed by atoms with E-state index in [2.05, 4.69) is 15.7 Å². The van der Waals surface area contributed by atoms with E-state index in [1.807, 2.05) is 20.8 Å². The number of hydrogen-bond donors (Lipinski definition) is 3. The first-order chi connectivity index (χ1) is 7.95. The smallest absolute Gasteiger partial charge is 0.269 e. The van der Waals surface area contributed by atoms with Crippen molar-refractivity contribution >= 4 is 28.9 Å². The van der Waals surface area contributed by atoms with Crippen LogP contribution >= 0.6 is 12.2 Å². The van der Waals surface area contributed by atoms with Crippen LogP contribution in [0.25, 0.3) is 0 Å². The molecule has 17 heavy (non-hydrogen) atoms. The van der Waals surface area contributed by atoms with E-state index in [-0.39, 0.29) is 6.04 Å². The van der Waals surface area contributed by atoms with E-state index in [4.69, 9.17) is 18.0 Å². The van der Waals surface area contributed by atoms with Crippen LogP contribution in [0, 0.1) is 0 Å². The molecule has 0 saturated carbocycles. The van der Waals surface area contributed by atoms with Crippen molar-refractivity contribution in [3.8, 4) is 0 Å². The molecule has 1 amide bonds. The molecule has 1 aromatic rings. The summed E-state index contributed by atoms with van der Waals surface area (Å²) in [7, 11) is 0. The average Bonchev–Trinajstić information content (AvgIpc) is 2.59. The van der Waals surface area contributed by atoms with Crippen molar-refractivity contribution in [3.05, 3.63) is 11.9 Å². The van der Waals surface area contributed by atoms with Gasteiger partial charge in [0.1, 0.15) is 5.69 Å². The van der Waals surface area contributed by atoms with Crippen LogP contribution in [0.15, 0.2) is 6.20 Å². The van der Waals surface area contributed by atoms with Crippen molar-refractivity contribution in [3.63, 3.8) is 0 Å². The molecule has 1 aromatic heterocycles. The van der Waals surface area contributed by atoms with Gasteiger partial charge in [0.05, 0.1) is 11.9 Å². The number of thiocarbonyl (C=S) groups is 1. The number of rotatable bonds is 4. The molecule has 94 valence electrons. The summed E-state index contributed by atoms with van der Waals surface area (Å²) in [6, 6.07) is 0.216. The highest BCUT2D eigenvalue weighted by molar-refractivity contribution is 7.80. The van der Waals surface area contributed by atoms with Gasteiger partial charge in [-0.25, -0.2) is 0 Å². The van der Waals surface area contributed by atoms with Gasteiger partial charge in [-0.05, 0) is 33.0 Å². The zero-order valence-electron chi connectivity index (χ0n) is 10.2. The Hall–Kier alpha value is -1.63. The Bertz CT molecular complexity index is 426. The SMILES string of the molecule is CCn1ncc(NC(=S)NC(C)C)c1C(N)=O. The summed E-state index contributed by atoms with van der Waals surface area (Å²) in [6.45, 7) is 6.40. The van der Waals surface area contributed by atoms with Gasteiger partial charge in [-0.15, -0.1) is 0 Å². The number of nitrogens with two attached hydrogens (primary N) is 1. The average molecular weight is 255 g/mol. The minimum Gasteiger partial charge on any atom is -0.364 e. The number of amides is 1. The zero-order chi connectivity index (χ0) is 13.0. The third-order valence-corrected chi connectivity index (χ3v) is 2.26. The topological polar surface area (TPSA) is 85.0 Å². The number of nitrogens with zero attached hydrogens (tertiary/aromatic N) is 2. The lowest BCUT2D eigenvalue weighted by molar-refractivity contribution is 0.0991. The summed E-state index contributed by atoms with van der Waals surface area (Å²) in [5.41, 5.74) is 6.17. The van der Waals surface area contributed by atoms with Gasteiger partial charge < -0.3 is 16.4 Å². The molecule has 0 aliphatic heterocycles. The molecule has 0 bridgehead atoms. The van der Waals surface area contributed by atoms with Gasteiger partial charge in [-0.1, -0.05) is 0 Å². The second kappa shape index (κ2) is 5.62. The van der Waals surface area contributed by atoms with Crippen LogP contribution in [0.3, 0.4) is 0 Å². The molecule has 4 N–H and O–H groups in total. The van der Waals surface area contributed by atoms with Gasteiger partial charge in [0.15, 0.2) is 5.11 Å². The van der Waals surface area contributed by atoms with Crippen molar-refractivity contribution in [2.75, 3.05) is 5.32 Å². The molecule has 0 aliphatic carbocycles. The molecule has 1 rings (SSSR count). The highest BCUT2D eigenvalue weighted by atomic mass is 32.1. The molecule has 0 saturated heterocycles. The molecule has 0 unspecified atom stereocenters. The molecule has 0 aliphatic rings. The van der Waals surface area contributed by atoms with Crippen molar-refractivity contribution in [2.45, 2.75) is 33.4 Å². The normalized spacial score (nSPS) is 10.4. The van der Waals surface area contributed by atoms with Crippen LogP contribution in [0.4, 0.5) is 5.69 Å². The molecule has 0 spiro atoms. The first-order valence-corrected chi connectivity index (χ1v) is 5.79. The quantitative estimate of drug-likeness (QED) is 0.690. The number of primary amides is 1. The van der Waals surface area contributed by atoms with Gasteiger partial charge in [0, 0.05) is 12.6 Å². The number of nitrogens with one attached hydrogen (secondary N) is 2. The third-order valence-electron chi connectivity index (χ3n) is 2.04. The lowest BCUT2D eigenvalue weighted by Gasteiger charge is -2.12. The molecule has 0 atom stereocenters. The van der Waals surface area contributed by atoms with Crippen molar-refractivity contribution in [1.29, 1.82) is 0 Å². The monoisotopic (exact) mass is 255 g/mol. The van der Waals surface area contributed by atoms with E-state index in [9.17, 15) is 4.79 Å².